The summed E-state index contributed by atoms with van der Waals surface area (Å²) >= 11 is 0. The van der Waals surface area contributed by atoms with E-state index < -0.39 is 23.4 Å². The number of fused-ring (bicyclic) bond motifs is 1. The lowest BCUT2D eigenvalue weighted by molar-refractivity contribution is -0.122. The number of hydrogen-bond acceptors (Lipinski definition) is 3. The predicted molar refractivity (Wildman–Crippen MR) is 66.3 cm³/mol. The highest BCUT2D eigenvalue weighted by atomic mass is 19.1. The number of carbonyl (C=O) groups is 3. The van der Waals surface area contributed by atoms with Gasteiger partial charge in [-0.15, -0.1) is 6.58 Å². The topological polar surface area (TPSA) is 66.5 Å². The second kappa shape index (κ2) is 5.01. The number of anilines is 1. The number of ketones is 1. The van der Waals surface area contributed by atoms with Crippen LogP contribution >= 0.6 is 0 Å². The fourth-order valence-corrected chi connectivity index (χ4v) is 1.82. The van der Waals surface area contributed by atoms with Gasteiger partial charge in [0.15, 0.2) is 0 Å². The summed E-state index contributed by atoms with van der Waals surface area (Å²) in [6, 6.07) is 3.45. The second-order valence-electron chi connectivity index (χ2n) is 3.97. The first kappa shape index (κ1) is 12.9. The van der Waals surface area contributed by atoms with Crippen LogP contribution in [0.3, 0.4) is 0 Å². The zero-order valence-corrected chi connectivity index (χ0v) is 9.98. The van der Waals surface area contributed by atoms with E-state index in [0.29, 0.717) is 0 Å². The van der Waals surface area contributed by atoms with Gasteiger partial charge in [0.25, 0.3) is 11.7 Å². The van der Waals surface area contributed by atoms with Crippen LogP contribution in [0, 0.1) is 5.82 Å². The molecule has 0 saturated carbocycles. The van der Waals surface area contributed by atoms with Crippen LogP contribution in [0.2, 0.25) is 0 Å². The van der Waals surface area contributed by atoms with Gasteiger partial charge in [0, 0.05) is 6.54 Å². The number of carbonyl (C=O) groups excluding carboxylic acids is 3. The molecular weight excluding hydrogens is 251 g/mol. The maximum absolute atomic E-state index is 13.0. The number of hydrogen-bond donors (Lipinski definition) is 1. The summed E-state index contributed by atoms with van der Waals surface area (Å²) in [7, 11) is 0. The quantitative estimate of drug-likeness (QED) is 0.640. The molecule has 2 amide bonds. The highest BCUT2D eigenvalue weighted by Gasteiger charge is 2.36. The van der Waals surface area contributed by atoms with Crippen LogP contribution in [-0.4, -0.2) is 30.7 Å². The molecule has 0 spiro atoms. The molecule has 0 radical (unpaired) electrons. The number of benzene rings is 1. The van der Waals surface area contributed by atoms with Crippen molar-refractivity contribution in [1.29, 1.82) is 0 Å². The average Bonchev–Trinajstić information content (AvgIpc) is 2.61. The zero-order valence-electron chi connectivity index (χ0n) is 9.98. The van der Waals surface area contributed by atoms with Gasteiger partial charge < -0.3 is 5.32 Å². The Hall–Kier alpha value is -2.50. The standard InChI is InChI=1S/C13H11FN2O3/c1-2-5-15-11(17)7-16-10-4-3-8(14)6-9(10)12(18)13(16)19/h2-4,6H,1,5,7H2,(H,15,17). The molecule has 5 nitrogen and oxygen atoms in total. The Bertz CT molecular complexity index is 583. The normalized spacial score (nSPS) is 13.4. The minimum Gasteiger partial charge on any atom is -0.351 e. The number of nitrogens with zero attached hydrogens (tertiary/aromatic N) is 1. The van der Waals surface area contributed by atoms with Crippen molar-refractivity contribution in [1.82, 2.24) is 5.32 Å². The lowest BCUT2D eigenvalue weighted by atomic mass is 10.1. The molecule has 98 valence electrons. The van der Waals surface area contributed by atoms with Gasteiger partial charge in [-0.05, 0) is 18.2 Å². The summed E-state index contributed by atoms with van der Waals surface area (Å²) in [5.74, 6) is -2.64. The van der Waals surface area contributed by atoms with E-state index in [-0.39, 0.29) is 24.3 Å². The first-order valence-electron chi connectivity index (χ1n) is 5.58. The van der Waals surface area contributed by atoms with E-state index in [1.807, 2.05) is 0 Å². The predicted octanol–water partition coefficient (Wildman–Crippen LogP) is 0.657. The van der Waals surface area contributed by atoms with Crippen molar-refractivity contribution in [2.24, 2.45) is 0 Å². The van der Waals surface area contributed by atoms with Crippen molar-refractivity contribution in [2.45, 2.75) is 0 Å². The third-order valence-electron chi connectivity index (χ3n) is 2.68. The summed E-state index contributed by atoms with van der Waals surface area (Å²) in [6.45, 7) is 3.43. The molecule has 1 aromatic carbocycles. The summed E-state index contributed by atoms with van der Waals surface area (Å²) < 4.78 is 13.0. The Balaban J connectivity index is 2.24. The summed E-state index contributed by atoms with van der Waals surface area (Å²) in [5, 5.41) is 2.50. The molecule has 1 aromatic rings. The molecular formula is C13H11FN2O3. The number of Topliss-reactive ketones (excluding diaryl/α,β-unsaturated/α-hetero) is 1. The molecule has 1 N–H and O–H groups in total. The molecule has 0 saturated heterocycles. The Morgan fingerprint density at radius 2 is 2.16 bits per heavy atom. The van der Waals surface area contributed by atoms with Crippen molar-refractivity contribution in [3.8, 4) is 0 Å². The molecule has 1 heterocycles. The van der Waals surface area contributed by atoms with Gasteiger partial charge in [0.2, 0.25) is 5.91 Å². The largest absolute Gasteiger partial charge is 0.351 e. The van der Waals surface area contributed by atoms with Crippen molar-refractivity contribution in [3.05, 3.63) is 42.2 Å². The zero-order chi connectivity index (χ0) is 14.0. The van der Waals surface area contributed by atoms with Crippen molar-refractivity contribution in [3.63, 3.8) is 0 Å². The minimum atomic E-state index is -0.825. The number of rotatable bonds is 4. The molecule has 0 unspecified atom stereocenters. The van der Waals surface area contributed by atoms with Crippen LogP contribution < -0.4 is 10.2 Å². The van der Waals surface area contributed by atoms with Crippen LogP contribution in [-0.2, 0) is 9.59 Å². The van der Waals surface area contributed by atoms with Crippen LogP contribution in [0.25, 0.3) is 0 Å². The minimum absolute atomic E-state index is 0.0125. The molecule has 0 atom stereocenters. The molecule has 2 rings (SSSR count). The van der Waals surface area contributed by atoms with Gasteiger partial charge in [-0.2, -0.15) is 0 Å². The number of nitrogens with one attached hydrogen (secondary N) is 1. The Morgan fingerprint density at radius 3 is 2.84 bits per heavy atom. The first-order valence-corrected chi connectivity index (χ1v) is 5.58. The van der Waals surface area contributed by atoms with E-state index >= 15 is 0 Å². The third kappa shape index (κ3) is 2.37. The maximum Gasteiger partial charge on any atom is 0.299 e. The van der Waals surface area contributed by atoms with E-state index in [0.717, 1.165) is 17.0 Å². The smallest absolute Gasteiger partial charge is 0.299 e. The molecule has 0 bridgehead atoms. The third-order valence-corrected chi connectivity index (χ3v) is 2.68. The van der Waals surface area contributed by atoms with Crippen LogP contribution in [0.5, 0.6) is 0 Å². The lowest BCUT2D eigenvalue weighted by Gasteiger charge is -2.15. The number of halogens is 1. The van der Waals surface area contributed by atoms with Crippen molar-refractivity contribution >= 4 is 23.3 Å². The van der Waals surface area contributed by atoms with Gasteiger partial charge in [-0.3, -0.25) is 19.3 Å². The van der Waals surface area contributed by atoms with E-state index in [1.165, 1.54) is 12.1 Å². The molecule has 1 aliphatic heterocycles. The van der Waals surface area contributed by atoms with Gasteiger partial charge in [-0.1, -0.05) is 6.08 Å². The molecule has 6 heteroatoms. The van der Waals surface area contributed by atoms with Gasteiger partial charge in [0.05, 0.1) is 11.3 Å². The Labute approximate surface area is 108 Å². The van der Waals surface area contributed by atoms with Crippen LogP contribution in [0.1, 0.15) is 10.4 Å². The van der Waals surface area contributed by atoms with E-state index in [4.69, 9.17) is 0 Å². The van der Waals surface area contributed by atoms with Crippen LogP contribution in [0.4, 0.5) is 10.1 Å². The molecule has 1 aliphatic rings. The van der Waals surface area contributed by atoms with Gasteiger partial charge >= 0.3 is 0 Å². The highest BCUT2D eigenvalue weighted by molar-refractivity contribution is 6.52. The summed E-state index contributed by atoms with van der Waals surface area (Å²) in [4.78, 5) is 36.0. The molecule has 0 fully saturated rings. The first-order chi connectivity index (χ1) is 9.04. The fourth-order valence-electron chi connectivity index (χ4n) is 1.82. The van der Waals surface area contributed by atoms with E-state index in [2.05, 4.69) is 11.9 Å². The second-order valence-corrected chi connectivity index (χ2v) is 3.97. The molecule has 0 aromatic heterocycles. The molecule has 0 aliphatic carbocycles. The van der Waals surface area contributed by atoms with Crippen molar-refractivity contribution < 1.29 is 18.8 Å². The summed E-state index contributed by atoms with van der Waals surface area (Å²) in [5.41, 5.74) is 0.242. The van der Waals surface area contributed by atoms with Crippen molar-refractivity contribution in [2.75, 3.05) is 18.0 Å². The number of amides is 2. The summed E-state index contributed by atoms with van der Waals surface area (Å²) in [6.07, 6.45) is 1.50. The Morgan fingerprint density at radius 1 is 1.42 bits per heavy atom. The SMILES string of the molecule is C=CCNC(=O)CN1C(=O)C(=O)c2cc(F)ccc21. The monoisotopic (exact) mass is 262 g/mol. The Kier molecular flexibility index (Phi) is 3.41. The van der Waals surface area contributed by atoms with E-state index in [9.17, 15) is 18.8 Å². The lowest BCUT2D eigenvalue weighted by Crippen LogP contribution is -2.40. The van der Waals surface area contributed by atoms with Gasteiger partial charge in [-0.25, -0.2) is 4.39 Å². The average molecular weight is 262 g/mol. The highest BCUT2D eigenvalue weighted by Crippen LogP contribution is 2.29. The van der Waals surface area contributed by atoms with Gasteiger partial charge in [0.1, 0.15) is 12.4 Å². The molecule has 19 heavy (non-hydrogen) atoms. The van der Waals surface area contributed by atoms with E-state index in [1.54, 1.807) is 0 Å². The fraction of sp³-hybridized carbons (Fsp3) is 0.154. The van der Waals surface area contributed by atoms with Crippen LogP contribution in [0.15, 0.2) is 30.9 Å². The maximum atomic E-state index is 13.0.